The molecule has 0 fully saturated rings. The molecule has 0 bridgehead atoms. The maximum Gasteiger partial charge on any atom is 0.354 e. The summed E-state index contributed by atoms with van der Waals surface area (Å²) in [4.78, 5) is 14.8. The largest absolute Gasteiger partial charge is 0.477 e. The van der Waals surface area contributed by atoms with Crippen molar-refractivity contribution in [3.63, 3.8) is 0 Å². The van der Waals surface area contributed by atoms with Crippen LogP contribution < -0.4 is 5.32 Å². The van der Waals surface area contributed by atoms with E-state index in [4.69, 9.17) is 5.11 Å². The van der Waals surface area contributed by atoms with Crippen molar-refractivity contribution in [3.8, 4) is 0 Å². The number of nitrogens with zero attached hydrogens (tertiary/aromatic N) is 1. The molecule has 17 heavy (non-hydrogen) atoms. The molecular formula is C13H18N2O2. The Balaban J connectivity index is 2.72. The fraction of sp³-hybridized carbons (Fsp3) is 0.385. The third-order valence-corrected chi connectivity index (χ3v) is 2.88. The molecule has 0 amide bonds. The average molecular weight is 234 g/mol. The van der Waals surface area contributed by atoms with E-state index in [0.717, 1.165) is 6.42 Å². The Morgan fingerprint density at radius 2 is 2.35 bits per heavy atom. The Morgan fingerprint density at radius 3 is 2.88 bits per heavy atom. The lowest BCUT2D eigenvalue weighted by Gasteiger charge is -2.25. The van der Waals surface area contributed by atoms with Crippen LogP contribution in [0.25, 0.3) is 0 Å². The summed E-state index contributed by atoms with van der Waals surface area (Å²) in [6, 6.07) is 4.99. The van der Waals surface area contributed by atoms with E-state index in [0.29, 0.717) is 12.2 Å². The Labute approximate surface area is 101 Å². The van der Waals surface area contributed by atoms with E-state index in [9.17, 15) is 4.79 Å². The molecule has 0 saturated heterocycles. The van der Waals surface area contributed by atoms with Crippen LogP contribution in [0.3, 0.4) is 0 Å². The smallest absolute Gasteiger partial charge is 0.354 e. The number of aromatic carboxylic acids is 1. The number of nitrogens with one attached hydrogen (secondary N) is 1. The highest BCUT2D eigenvalue weighted by molar-refractivity contribution is 5.85. The third-order valence-electron chi connectivity index (χ3n) is 2.88. The number of hydrogen-bond acceptors (Lipinski definition) is 3. The van der Waals surface area contributed by atoms with E-state index < -0.39 is 5.97 Å². The summed E-state index contributed by atoms with van der Waals surface area (Å²) in [5.41, 5.74) is 0.633. The number of carboxylic acids is 1. The first kappa shape index (κ1) is 13.4. The molecule has 0 spiro atoms. The van der Waals surface area contributed by atoms with Gasteiger partial charge in [0.15, 0.2) is 0 Å². The van der Waals surface area contributed by atoms with Crippen molar-refractivity contribution in [2.45, 2.75) is 32.4 Å². The Hall–Kier alpha value is -1.68. The van der Waals surface area contributed by atoms with Gasteiger partial charge in [0.25, 0.3) is 0 Å². The van der Waals surface area contributed by atoms with Crippen molar-refractivity contribution in [2.75, 3.05) is 0 Å². The van der Waals surface area contributed by atoms with Crippen LogP contribution in [0.4, 0.5) is 0 Å². The topological polar surface area (TPSA) is 62.2 Å². The van der Waals surface area contributed by atoms with Crippen LogP contribution in [0.15, 0.2) is 30.9 Å². The molecule has 1 rings (SSSR count). The second-order valence-electron chi connectivity index (χ2n) is 4.15. The summed E-state index contributed by atoms with van der Waals surface area (Å²) in [7, 11) is 0. The Morgan fingerprint density at radius 1 is 1.65 bits per heavy atom. The number of hydrogen-bond donors (Lipinski definition) is 2. The van der Waals surface area contributed by atoms with E-state index in [2.05, 4.69) is 23.8 Å². The van der Waals surface area contributed by atoms with Crippen molar-refractivity contribution in [3.05, 3.63) is 42.2 Å². The molecule has 0 aliphatic carbocycles. The molecule has 0 aromatic carbocycles. The van der Waals surface area contributed by atoms with Crippen LogP contribution in [0, 0.1) is 0 Å². The quantitative estimate of drug-likeness (QED) is 0.741. The van der Waals surface area contributed by atoms with Gasteiger partial charge >= 0.3 is 5.97 Å². The van der Waals surface area contributed by atoms with Crippen molar-refractivity contribution in [2.24, 2.45) is 0 Å². The summed E-state index contributed by atoms with van der Waals surface area (Å²) in [5.74, 6) is -1.01. The highest BCUT2D eigenvalue weighted by Crippen LogP contribution is 2.11. The normalized spacial score (nSPS) is 14.0. The lowest BCUT2D eigenvalue weighted by Crippen LogP contribution is -2.39. The minimum absolute atomic E-state index is 0.0705. The Kier molecular flexibility index (Phi) is 4.40. The summed E-state index contributed by atoms with van der Waals surface area (Å²) in [6.45, 7) is 8.42. The van der Waals surface area contributed by atoms with Crippen LogP contribution >= 0.6 is 0 Å². The number of rotatable bonds is 6. The SMILES string of the molecule is C=CC(C)(CC)NCc1cccc(C(=O)O)n1. The van der Waals surface area contributed by atoms with E-state index in [1.54, 1.807) is 12.1 Å². The van der Waals surface area contributed by atoms with Crippen molar-refractivity contribution >= 4 is 5.97 Å². The Bertz CT molecular complexity index is 418. The van der Waals surface area contributed by atoms with Crippen LogP contribution in [0.1, 0.15) is 36.5 Å². The first-order valence-electron chi connectivity index (χ1n) is 5.58. The van der Waals surface area contributed by atoms with Crippen LogP contribution in [-0.2, 0) is 6.54 Å². The van der Waals surface area contributed by atoms with Gasteiger partial charge in [-0.1, -0.05) is 19.1 Å². The van der Waals surface area contributed by atoms with Gasteiger partial charge in [-0.25, -0.2) is 9.78 Å². The standard InChI is InChI=1S/C13H18N2O2/c1-4-13(3,5-2)14-9-10-7-6-8-11(15-10)12(16)17/h4,6-8,14H,1,5,9H2,2-3H3,(H,16,17). The average Bonchev–Trinajstić information content (AvgIpc) is 2.36. The van der Waals surface area contributed by atoms with Gasteiger partial charge in [-0.05, 0) is 25.5 Å². The molecule has 0 radical (unpaired) electrons. The first-order valence-corrected chi connectivity index (χ1v) is 5.58. The lowest BCUT2D eigenvalue weighted by molar-refractivity contribution is 0.0690. The van der Waals surface area contributed by atoms with E-state index in [1.807, 2.05) is 13.0 Å². The van der Waals surface area contributed by atoms with Crippen LogP contribution in [-0.4, -0.2) is 21.6 Å². The number of aromatic nitrogens is 1. The number of carbonyl (C=O) groups is 1. The summed E-state index contributed by atoms with van der Waals surface area (Å²) < 4.78 is 0. The van der Waals surface area contributed by atoms with E-state index in [1.165, 1.54) is 6.07 Å². The van der Waals surface area contributed by atoms with Gasteiger partial charge in [0, 0.05) is 12.1 Å². The predicted octanol–water partition coefficient (Wildman–Crippen LogP) is 2.22. The predicted molar refractivity (Wildman–Crippen MR) is 66.9 cm³/mol. The molecule has 4 nitrogen and oxygen atoms in total. The zero-order valence-corrected chi connectivity index (χ0v) is 10.2. The van der Waals surface area contributed by atoms with Crippen LogP contribution in [0.5, 0.6) is 0 Å². The summed E-state index contributed by atoms with van der Waals surface area (Å²) in [5, 5.41) is 12.1. The molecule has 1 atom stereocenters. The molecule has 1 aromatic rings. The van der Waals surface area contributed by atoms with E-state index in [-0.39, 0.29) is 11.2 Å². The highest BCUT2D eigenvalue weighted by atomic mass is 16.4. The molecule has 1 aromatic heterocycles. The molecule has 4 heteroatoms. The minimum atomic E-state index is -1.01. The van der Waals surface area contributed by atoms with Crippen molar-refractivity contribution < 1.29 is 9.90 Å². The first-order chi connectivity index (χ1) is 8.00. The molecule has 2 N–H and O–H groups in total. The fourth-order valence-electron chi connectivity index (χ4n) is 1.33. The lowest BCUT2D eigenvalue weighted by atomic mass is 9.99. The zero-order valence-electron chi connectivity index (χ0n) is 10.2. The number of carboxylic acid groups (broad SMARTS) is 1. The van der Waals surface area contributed by atoms with Gasteiger partial charge in [-0.2, -0.15) is 0 Å². The monoisotopic (exact) mass is 234 g/mol. The zero-order chi connectivity index (χ0) is 12.9. The summed E-state index contributed by atoms with van der Waals surface area (Å²) in [6.07, 6.45) is 2.77. The van der Waals surface area contributed by atoms with Gasteiger partial charge < -0.3 is 10.4 Å². The van der Waals surface area contributed by atoms with Gasteiger partial charge in [-0.15, -0.1) is 6.58 Å². The van der Waals surface area contributed by atoms with Gasteiger partial charge in [0.2, 0.25) is 0 Å². The minimum Gasteiger partial charge on any atom is -0.477 e. The van der Waals surface area contributed by atoms with Gasteiger partial charge in [-0.3, -0.25) is 0 Å². The third kappa shape index (κ3) is 3.67. The molecule has 0 aliphatic rings. The maximum absolute atomic E-state index is 10.8. The molecule has 1 heterocycles. The highest BCUT2D eigenvalue weighted by Gasteiger charge is 2.16. The van der Waals surface area contributed by atoms with Crippen molar-refractivity contribution in [1.82, 2.24) is 10.3 Å². The maximum atomic E-state index is 10.8. The molecule has 1 unspecified atom stereocenters. The second kappa shape index (κ2) is 5.59. The van der Waals surface area contributed by atoms with Gasteiger partial charge in [0.05, 0.1) is 5.69 Å². The second-order valence-corrected chi connectivity index (χ2v) is 4.15. The van der Waals surface area contributed by atoms with Crippen LogP contribution in [0.2, 0.25) is 0 Å². The molecule has 0 saturated carbocycles. The van der Waals surface area contributed by atoms with Gasteiger partial charge in [0.1, 0.15) is 5.69 Å². The van der Waals surface area contributed by atoms with E-state index >= 15 is 0 Å². The summed E-state index contributed by atoms with van der Waals surface area (Å²) >= 11 is 0. The van der Waals surface area contributed by atoms with Crippen molar-refractivity contribution in [1.29, 1.82) is 0 Å². The molecular weight excluding hydrogens is 216 g/mol. The molecule has 0 aliphatic heterocycles. The molecule has 92 valence electrons. The number of pyridine rings is 1. The fourth-order valence-corrected chi connectivity index (χ4v) is 1.33.